The minimum Gasteiger partial charge on any atom is -0.370 e. The molecule has 0 bridgehead atoms. The predicted molar refractivity (Wildman–Crippen MR) is 106 cm³/mol. The highest BCUT2D eigenvalue weighted by molar-refractivity contribution is 5.94. The van der Waals surface area contributed by atoms with Gasteiger partial charge in [-0.2, -0.15) is 0 Å². The van der Waals surface area contributed by atoms with Crippen molar-refractivity contribution >= 4 is 11.7 Å². The summed E-state index contributed by atoms with van der Waals surface area (Å²) < 4.78 is 0. The van der Waals surface area contributed by atoms with E-state index in [4.69, 9.17) is 0 Å². The summed E-state index contributed by atoms with van der Waals surface area (Å²) in [4.78, 5) is 16.6. The second kappa shape index (κ2) is 9.18. The highest BCUT2D eigenvalue weighted by Gasteiger charge is 2.07. The molecule has 26 heavy (non-hydrogen) atoms. The predicted octanol–water partition coefficient (Wildman–Crippen LogP) is 4.62. The molecule has 1 aliphatic rings. The number of nitrogens with one attached hydrogen (secondary N) is 2. The second-order valence-electron chi connectivity index (χ2n) is 6.89. The van der Waals surface area contributed by atoms with Crippen LogP contribution in [0.15, 0.2) is 54.2 Å². The smallest absolute Gasteiger partial charge is 0.253 e. The minimum absolute atomic E-state index is 0.0992. The third kappa shape index (κ3) is 5.45. The molecule has 2 N–H and O–H groups in total. The SMILES string of the molecule is Cc1cccc(CNC(=O)c2ccc(NCCC3=CCCCC3)nc2)c1. The maximum atomic E-state index is 12.3. The fourth-order valence-electron chi connectivity index (χ4n) is 3.22. The number of pyridine rings is 1. The summed E-state index contributed by atoms with van der Waals surface area (Å²) in [6, 6.07) is 11.8. The summed E-state index contributed by atoms with van der Waals surface area (Å²) in [6.07, 6.45) is 10.2. The zero-order valence-electron chi connectivity index (χ0n) is 15.4. The zero-order valence-corrected chi connectivity index (χ0v) is 15.4. The highest BCUT2D eigenvalue weighted by Crippen LogP contribution is 2.20. The third-order valence-electron chi connectivity index (χ3n) is 4.70. The number of aryl methyl sites for hydroxylation is 1. The molecule has 0 atom stereocenters. The Labute approximate surface area is 155 Å². The van der Waals surface area contributed by atoms with Gasteiger partial charge in [0.15, 0.2) is 0 Å². The molecule has 1 heterocycles. The first kappa shape index (κ1) is 18.2. The number of anilines is 1. The van der Waals surface area contributed by atoms with Gasteiger partial charge in [-0.15, -0.1) is 0 Å². The number of aromatic nitrogens is 1. The summed E-state index contributed by atoms with van der Waals surface area (Å²) in [5.74, 6) is 0.717. The molecule has 0 aliphatic heterocycles. The lowest BCUT2D eigenvalue weighted by Crippen LogP contribution is -2.23. The van der Waals surface area contributed by atoms with Gasteiger partial charge in [-0.05, 0) is 56.7 Å². The first-order chi connectivity index (χ1) is 12.7. The lowest BCUT2D eigenvalue weighted by molar-refractivity contribution is 0.0950. The molecule has 0 unspecified atom stereocenters. The van der Waals surface area contributed by atoms with Crippen molar-refractivity contribution in [2.45, 2.75) is 45.6 Å². The second-order valence-corrected chi connectivity index (χ2v) is 6.89. The van der Waals surface area contributed by atoms with Gasteiger partial charge in [-0.1, -0.05) is 41.5 Å². The topological polar surface area (TPSA) is 54.0 Å². The average molecular weight is 349 g/mol. The third-order valence-corrected chi connectivity index (χ3v) is 4.70. The Balaban J connectivity index is 1.45. The number of nitrogens with zero attached hydrogens (tertiary/aromatic N) is 1. The van der Waals surface area contributed by atoms with E-state index < -0.39 is 0 Å². The van der Waals surface area contributed by atoms with Crippen LogP contribution in [0.2, 0.25) is 0 Å². The van der Waals surface area contributed by atoms with Crippen molar-refractivity contribution in [1.82, 2.24) is 10.3 Å². The number of benzene rings is 1. The minimum atomic E-state index is -0.0992. The molecular formula is C22H27N3O. The summed E-state index contributed by atoms with van der Waals surface area (Å²) in [6.45, 7) is 3.46. The molecule has 1 aromatic heterocycles. The molecule has 4 nitrogen and oxygen atoms in total. The van der Waals surface area contributed by atoms with Crippen molar-refractivity contribution in [3.05, 3.63) is 70.9 Å². The molecule has 0 saturated heterocycles. The van der Waals surface area contributed by atoms with Crippen molar-refractivity contribution in [2.75, 3.05) is 11.9 Å². The molecule has 1 amide bonds. The van der Waals surface area contributed by atoms with Gasteiger partial charge in [-0.25, -0.2) is 4.98 Å². The molecule has 0 radical (unpaired) electrons. The van der Waals surface area contributed by atoms with Crippen LogP contribution in [0.25, 0.3) is 0 Å². The Morgan fingerprint density at radius 2 is 2.12 bits per heavy atom. The zero-order chi connectivity index (χ0) is 18.2. The Morgan fingerprint density at radius 3 is 2.85 bits per heavy atom. The average Bonchev–Trinajstić information content (AvgIpc) is 2.68. The van der Waals surface area contributed by atoms with Crippen LogP contribution in [0, 0.1) is 6.92 Å². The van der Waals surface area contributed by atoms with Gasteiger partial charge in [0.05, 0.1) is 5.56 Å². The summed E-state index contributed by atoms with van der Waals surface area (Å²) >= 11 is 0. The first-order valence-electron chi connectivity index (χ1n) is 9.42. The van der Waals surface area contributed by atoms with Crippen LogP contribution in [0.5, 0.6) is 0 Å². The number of allylic oxidation sites excluding steroid dienone is 1. The van der Waals surface area contributed by atoms with Crippen LogP contribution in [0.3, 0.4) is 0 Å². The van der Waals surface area contributed by atoms with Gasteiger partial charge in [0.2, 0.25) is 0 Å². The standard InChI is InChI=1S/C22H27N3O/c1-17-6-5-9-19(14-17)15-25-22(26)20-10-11-21(24-16-20)23-13-12-18-7-3-2-4-8-18/h5-7,9-11,14,16H,2-4,8,12-13,15H2,1H3,(H,23,24)(H,25,26). The molecule has 136 valence electrons. The van der Waals surface area contributed by atoms with Crippen molar-refractivity contribution in [3.63, 3.8) is 0 Å². The molecule has 0 saturated carbocycles. The number of hydrogen-bond donors (Lipinski definition) is 2. The van der Waals surface area contributed by atoms with Crippen LogP contribution in [-0.4, -0.2) is 17.4 Å². The highest BCUT2D eigenvalue weighted by atomic mass is 16.1. The Bertz CT molecular complexity index is 765. The summed E-state index contributed by atoms with van der Waals surface area (Å²) in [5.41, 5.74) is 4.42. The maximum absolute atomic E-state index is 12.3. The van der Waals surface area contributed by atoms with E-state index in [0.29, 0.717) is 12.1 Å². The van der Waals surface area contributed by atoms with Gasteiger partial charge < -0.3 is 10.6 Å². The van der Waals surface area contributed by atoms with E-state index in [1.54, 1.807) is 11.8 Å². The number of hydrogen-bond acceptors (Lipinski definition) is 3. The first-order valence-corrected chi connectivity index (χ1v) is 9.42. The van der Waals surface area contributed by atoms with Crippen molar-refractivity contribution < 1.29 is 4.79 Å². The fourth-order valence-corrected chi connectivity index (χ4v) is 3.22. The maximum Gasteiger partial charge on any atom is 0.253 e. The molecule has 2 aromatic rings. The van der Waals surface area contributed by atoms with Crippen LogP contribution < -0.4 is 10.6 Å². The number of rotatable bonds is 7. The van der Waals surface area contributed by atoms with E-state index >= 15 is 0 Å². The summed E-state index contributed by atoms with van der Waals surface area (Å²) in [7, 11) is 0. The van der Waals surface area contributed by atoms with Crippen LogP contribution in [-0.2, 0) is 6.54 Å². The molecule has 1 aromatic carbocycles. The quantitative estimate of drug-likeness (QED) is 0.717. The van der Waals surface area contributed by atoms with Gasteiger partial charge >= 0.3 is 0 Å². The van der Waals surface area contributed by atoms with Crippen molar-refractivity contribution in [2.24, 2.45) is 0 Å². The van der Waals surface area contributed by atoms with Gasteiger partial charge in [0.1, 0.15) is 5.82 Å². The summed E-state index contributed by atoms with van der Waals surface area (Å²) in [5, 5.41) is 6.28. The van der Waals surface area contributed by atoms with Gasteiger partial charge in [0.25, 0.3) is 5.91 Å². The van der Waals surface area contributed by atoms with E-state index in [1.807, 2.05) is 37.3 Å². The Kier molecular flexibility index (Phi) is 6.42. The Hall–Kier alpha value is -2.62. The van der Waals surface area contributed by atoms with E-state index in [2.05, 4.69) is 27.8 Å². The fraction of sp³-hybridized carbons (Fsp3) is 0.364. The van der Waals surface area contributed by atoms with Gasteiger partial charge in [-0.3, -0.25) is 4.79 Å². The van der Waals surface area contributed by atoms with E-state index in [-0.39, 0.29) is 5.91 Å². The van der Waals surface area contributed by atoms with Crippen LogP contribution in [0.1, 0.15) is 53.6 Å². The Morgan fingerprint density at radius 1 is 1.19 bits per heavy atom. The molecule has 1 aliphatic carbocycles. The van der Waals surface area contributed by atoms with E-state index in [0.717, 1.165) is 24.3 Å². The monoisotopic (exact) mass is 349 g/mol. The van der Waals surface area contributed by atoms with Crippen molar-refractivity contribution in [1.29, 1.82) is 0 Å². The molecule has 3 rings (SSSR count). The number of amides is 1. The molecule has 4 heteroatoms. The van der Waals surface area contributed by atoms with Gasteiger partial charge in [0, 0.05) is 19.3 Å². The lowest BCUT2D eigenvalue weighted by Gasteiger charge is -2.13. The number of carbonyl (C=O) groups excluding carboxylic acids is 1. The largest absolute Gasteiger partial charge is 0.370 e. The van der Waals surface area contributed by atoms with E-state index in [1.165, 1.54) is 31.2 Å². The molecular weight excluding hydrogens is 322 g/mol. The van der Waals surface area contributed by atoms with Crippen LogP contribution >= 0.6 is 0 Å². The van der Waals surface area contributed by atoms with Crippen molar-refractivity contribution in [3.8, 4) is 0 Å². The molecule has 0 fully saturated rings. The lowest BCUT2D eigenvalue weighted by atomic mass is 9.97. The normalized spacial score (nSPS) is 13.8. The molecule has 0 spiro atoms. The van der Waals surface area contributed by atoms with E-state index in [9.17, 15) is 4.79 Å². The number of carbonyl (C=O) groups is 1. The van der Waals surface area contributed by atoms with Crippen LogP contribution in [0.4, 0.5) is 5.82 Å².